The third-order valence-electron chi connectivity index (χ3n) is 4.06. The van der Waals surface area contributed by atoms with Crippen molar-refractivity contribution in [2.75, 3.05) is 13.1 Å². The van der Waals surface area contributed by atoms with Gasteiger partial charge in [-0.05, 0) is 18.9 Å². The van der Waals surface area contributed by atoms with Gasteiger partial charge in [0.1, 0.15) is 12.1 Å². The Bertz CT molecular complexity index is 601. The number of rotatable bonds is 3. The van der Waals surface area contributed by atoms with Crippen molar-refractivity contribution in [2.24, 2.45) is 0 Å². The number of hydrogen-bond acceptors (Lipinski definition) is 3. The van der Waals surface area contributed by atoms with Crippen LogP contribution in [0.4, 0.5) is 0 Å². The molecule has 5 heteroatoms. The Morgan fingerprint density at radius 1 is 1.48 bits per heavy atom. The van der Waals surface area contributed by atoms with E-state index in [1.165, 1.54) is 6.26 Å². The summed E-state index contributed by atoms with van der Waals surface area (Å²) in [4.78, 5) is 18.8. The second kappa shape index (κ2) is 5.76. The molecule has 2 aromatic rings. The van der Waals surface area contributed by atoms with E-state index in [-0.39, 0.29) is 5.91 Å². The molecule has 1 amide bonds. The van der Waals surface area contributed by atoms with Crippen LogP contribution in [0.2, 0.25) is 0 Å². The zero-order valence-electron chi connectivity index (χ0n) is 12.5. The minimum atomic E-state index is 0.0552. The SMILES string of the molecule is CC(C)c1nccn1[C@@H]1CCCN(C(=O)c2ccoc2)C1. The summed E-state index contributed by atoms with van der Waals surface area (Å²) in [7, 11) is 0. The lowest BCUT2D eigenvalue weighted by atomic mass is 10.0. The van der Waals surface area contributed by atoms with Gasteiger partial charge < -0.3 is 13.9 Å². The van der Waals surface area contributed by atoms with Crippen molar-refractivity contribution in [3.8, 4) is 0 Å². The van der Waals surface area contributed by atoms with Crippen molar-refractivity contribution in [2.45, 2.75) is 38.6 Å². The van der Waals surface area contributed by atoms with Gasteiger partial charge >= 0.3 is 0 Å². The largest absolute Gasteiger partial charge is 0.472 e. The fourth-order valence-corrected chi connectivity index (χ4v) is 3.02. The summed E-state index contributed by atoms with van der Waals surface area (Å²) in [5, 5.41) is 0. The number of piperidine rings is 1. The summed E-state index contributed by atoms with van der Waals surface area (Å²) in [5.74, 6) is 1.54. The molecule has 0 aliphatic carbocycles. The summed E-state index contributed by atoms with van der Waals surface area (Å²) in [5.41, 5.74) is 0.630. The van der Waals surface area contributed by atoms with E-state index in [0.29, 0.717) is 17.5 Å². The molecule has 112 valence electrons. The number of carbonyl (C=O) groups excluding carboxylic acids is 1. The molecule has 0 N–H and O–H groups in total. The first kappa shape index (κ1) is 13.9. The Labute approximate surface area is 124 Å². The predicted molar refractivity (Wildman–Crippen MR) is 79.2 cm³/mol. The van der Waals surface area contributed by atoms with Crippen LogP contribution in [0, 0.1) is 0 Å². The van der Waals surface area contributed by atoms with Crippen molar-refractivity contribution in [1.82, 2.24) is 14.5 Å². The number of carbonyl (C=O) groups is 1. The van der Waals surface area contributed by atoms with E-state index < -0.39 is 0 Å². The number of hydrogen-bond donors (Lipinski definition) is 0. The molecule has 0 aromatic carbocycles. The predicted octanol–water partition coefficient (Wildman–Crippen LogP) is 3.08. The van der Waals surface area contributed by atoms with E-state index in [1.807, 2.05) is 17.3 Å². The van der Waals surface area contributed by atoms with Crippen LogP contribution in [0.15, 0.2) is 35.4 Å². The molecule has 2 aromatic heterocycles. The summed E-state index contributed by atoms with van der Waals surface area (Å²) in [6.45, 7) is 5.85. The topological polar surface area (TPSA) is 51.3 Å². The van der Waals surface area contributed by atoms with E-state index in [4.69, 9.17) is 4.42 Å². The van der Waals surface area contributed by atoms with E-state index in [0.717, 1.165) is 31.8 Å². The van der Waals surface area contributed by atoms with Crippen LogP contribution in [-0.4, -0.2) is 33.4 Å². The van der Waals surface area contributed by atoms with Gasteiger partial charge in [-0.3, -0.25) is 4.79 Å². The molecule has 0 bridgehead atoms. The zero-order valence-corrected chi connectivity index (χ0v) is 12.5. The quantitative estimate of drug-likeness (QED) is 0.871. The summed E-state index contributed by atoms with van der Waals surface area (Å²) in [6, 6.07) is 2.04. The van der Waals surface area contributed by atoms with Crippen LogP contribution in [0.3, 0.4) is 0 Å². The summed E-state index contributed by atoms with van der Waals surface area (Å²) < 4.78 is 7.25. The molecular weight excluding hydrogens is 266 g/mol. The van der Waals surface area contributed by atoms with Crippen LogP contribution in [0.25, 0.3) is 0 Å². The molecule has 0 radical (unpaired) electrons. The maximum Gasteiger partial charge on any atom is 0.257 e. The second-order valence-corrected chi connectivity index (χ2v) is 5.91. The van der Waals surface area contributed by atoms with E-state index >= 15 is 0 Å². The van der Waals surface area contributed by atoms with Crippen molar-refractivity contribution >= 4 is 5.91 Å². The van der Waals surface area contributed by atoms with E-state index in [1.54, 1.807) is 12.3 Å². The Hall–Kier alpha value is -2.04. The molecular formula is C16H21N3O2. The maximum atomic E-state index is 12.4. The van der Waals surface area contributed by atoms with Gasteiger partial charge in [0.05, 0.1) is 17.9 Å². The molecule has 21 heavy (non-hydrogen) atoms. The monoisotopic (exact) mass is 287 g/mol. The highest BCUT2D eigenvalue weighted by molar-refractivity contribution is 5.93. The fourth-order valence-electron chi connectivity index (χ4n) is 3.02. The fraction of sp³-hybridized carbons (Fsp3) is 0.500. The van der Waals surface area contributed by atoms with Gasteiger partial charge in [0.2, 0.25) is 0 Å². The second-order valence-electron chi connectivity index (χ2n) is 5.91. The van der Waals surface area contributed by atoms with E-state index in [2.05, 4.69) is 23.4 Å². The lowest BCUT2D eigenvalue weighted by molar-refractivity contribution is 0.0677. The highest BCUT2D eigenvalue weighted by atomic mass is 16.3. The van der Waals surface area contributed by atoms with Gasteiger partial charge in [-0.25, -0.2) is 4.98 Å². The van der Waals surface area contributed by atoms with Crippen molar-refractivity contribution in [3.63, 3.8) is 0 Å². The van der Waals surface area contributed by atoms with Crippen LogP contribution >= 0.6 is 0 Å². The number of furan rings is 1. The Kier molecular flexibility index (Phi) is 3.82. The van der Waals surface area contributed by atoms with Gasteiger partial charge in [-0.15, -0.1) is 0 Å². The van der Waals surface area contributed by atoms with Crippen LogP contribution in [-0.2, 0) is 0 Å². The molecule has 1 aliphatic heterocycles. The molecule has 0 unspecified atom stereocenters. The summed E-state index contributed by atoms with van der Waals surface area (Å²) >= 11 is 0. The minimum Gasteiger partial charge on any atom is -0.472 e. The molecule has 0 spiro atoms. The smallest absolute Gasteiger partial charge is 0.257 e. The Morgan fingerprint density at radius 2 is 2.33 bits per heavy atom. The van der Waals surface area contributed by atoms with Crippen molar-refractivity contribution in [3.05, 3.63) is 42.4 Å². The van der Waals surface area contributed by atoms with Crippen LogP contribution in [0.5, 0.6) is 0 Å². The first-order valence-corrected chi connectivity index (χ1v) is 7.51. The molecule has 0 saturated carbocycles. The highest BCUT2D eigenvalue weighted by Gasteiger charge is 2.27. The standard InChI is InChI=1S/C16H21N3O2/c1-12(2)15-17-6-8-19(15)14-4-3-7-18(10-14)16(20)13-5-9-21-11-13/h5-6,8-9,11-12,14H,3-4,7,10H2,1-2H3/t14-/m1/s1. The van der Waals surface area contributed by atoms with Crippen LogP contribution < -0.4 is 0 Å². The Balaban J connectivity index is 1.77. The first-order chi connectivity index (χ1) is 10.2. The molecule has 1 aliphatic rings. The molecule has 1 atom stereocenters. The zero-order chi connectivity index (χ0) is 14.8. The first-order valence-electron chi connectivity index (χ1n) is 7.51. The number of amides is 1. The van der Waals surface area contributed by atoms with Crippen LogP contribution in [0.1, 0.15) is 54.8 Å². The normalized spacial score (nSPS) is 19.2. The van der Waals surface area contributed by atoms with Gasteiger partial charge in [0, 0.05) is 31.4 Å². The van der Waals surface area contributed by atoms with Gasteiger partial charge in [0.25, 0.3) is 5.91 Å². The summed E-state index contributed by atoms with van der Waals surface area (Å²) in [6.07, 6.45) is 9.05. The molecule has 3 rings (SSSR count). The minimum absolute atomic E-state index is 0.0552. The Morgan fingerprint density at radius 3 is 3.05 bits per heavy atom. The average Bonchev–Trinajstić information content (AvgIpc) is 3.17. The average molecular weight is 287 g/mol. The molecule has 3 heterocycles. The van der Waals surface area contributed by atoms with Gasteiger partial charge in [0.15, 0.2) is 0 Å². The van der Waals surface area contributed by atoms with Crippen molar-refractivity contribution < 1.29 is 9.21 Å². The molecule has 5 nitrogen and oxygen atoms in total. The molecule has 1 saturated heterocycles. The number of nitrogens with zero attached hydrogens (tertiary/aromatic N) is 3. The van der Waals surface area contributed by atoms with E-state index in [9.17, 15) is 4.79 Å². The lowest BCUT2D eigenvalue weighted by Crippen LogP contribution is -2.40. The number of aromatic nitrogens is 2. The third kappa shape index (κ3) is 2.73. The lowest BCUT2D eigenvalue weighted by Gasteiger charge is -2.34. The highest BCUT2D eigenvalue weighted by Crippen LogP contribution is 2.26. The number of likely N-dealkylation sites (tertiary alicyclic amines) is 1. The maximum absolute atomic E-state index is 12.4. The molecule has 1 fully saturated rings. The number of imidazole rings is 1. The van der Waals surface area contributed by atoms with Gasteiger partial charge in [-0.2, -0.15) is 0 Å². The third-order valence-corrected chi connectivity index (χ3v) is 4.06. The van der Waals surface area contributed by atoms with Crippen molar-refractivity contribution in [1.29, 1.82) is 0 Å². The van der Waals surface area contributed by atoms with Gasteiger partial charge in [-0.1, -0.05) is 13.8 Å².